The molecule has 5 nitrogen and oxygen atoms in total. The summed E-state index contributed by atoms with van der Waals surface area (Å²) in [5.74, 6) is -2.14. The van der Waals surface area contributed by atoms with E-state index in [0.29, 0.717) is 5.56 Å². The van der Waals surface area contributed by atoms with Crippen molar-refractivity contribution in [3.05, 3.63) is 42.0 Å². The molecule has 1 aromatic rings. The second-order valence-corrected chi connectivity index (χ2v) is 5.02. The molecular weight excluding hydrogens is 280 g/mol. The van der Waals surface area contributed by atoms with Gasteiger partial charge in [-0.2, -0.15) is 8.78 Å². The number of amides is 1. The predicted molar refractivity (Wildman–Crippen MR) is 63.0 cm³/mol. The first-order chi connectivity index (χ1) is 8.68. The molecule has 104 valence electrons. The van der Waals surface area contributed by atoms with Gasteiger partial charge < -0.3 is 9.87 Å². The third-order valence-electron chi connectivity index (χ3n) is 2.25. The van der Waals surface area contributed by atoms with Crippen molar-refractivity contribution in [2.24, 2.45) is 0 Å². The first kappa shape index (κ1) is 15.3. The van der Waals surface area contributed by atoms with Gasteiger partial charge in [0.25, 0.3) is 0 Å². The molecule has 0 aliphatic rings. The maximum atomic E-state index is 12.8. The Kier molecular flexibility index (Phi) is 4.38. The number of benzene rings is 1. The van der Waals surface area contributed by atoms with Gasteiger partial charge in [-0.25, -0.2) is 8.42 Å². The van der Waals surface area contributed by atoms with E-state index in [1.54, 1.807) is 35.7 Å². The van der Waals surface area contributed by atoms with E-state index in [1.165, 1.54) is 0 Å². The number of nitrogens with one attached hydrogen (secondary N) is 1. The van der Waals surface area contributed by atoms with Crippen molar-refractivity contribution in [2.75, 3.05) is 0 Å². The molecule has 0 spiro atoms. The van der Waals surface area contributed by atoms with Crippen LogP contribution in [0.5, 0.6) is 0 Å². The lowest BCUT2D eigenvalue weighted by Crippen LogP contribution is -2.45. The molecule has 0 aliphatic carbocycles. The van der Waals surface area contributed by atoms with Crippen LogP contribution in [0.15, 0.2) is 30.8 Å². The van der Waals surface area contributed by atoms with Crippen LogP contribution in [0.2, 0.25) is 0 Å². The van der Waals surface area contributed by atoms with Crippen molar-refractivity contribution in [3.63, 3.8) is 0 Å². The number of hydrogen-bond acceptors (Lipinski definition) is 4. The number of halogens is 2. The summed E-state index contributed by atoms with van der Waals surface area (Å²) >= 11 is 0. The van der Waals surface area contributed by atoms with Gasteiger partial charge in [0.1, 0.15) is 0 Å². The quantitative estimate of drug-likeness (QED) is 0.822. The summed E-state index contributed by atoms with van der Waals surface area (Å²) in [7, 11) is -6.03. The van der Waals surface area contributed by atoms with E-state index in [9.17, 15) is 26.5 Å². The van der Waals surface area contributed by atoms with Gasteiger partial charge in [0.2, 0.25) is 0 Å². The molecule has 0 atom stereocenters. The fraction of sp³-hybridized carbons (Fsp3) is 0.182. The van der Waals surface area contributed by atoms with Gasteiger partial charge in [-0.1, -0.05) is 36.9 Å². The monoisotopic (exact) mass is 290 g/mol. The summed E-state index contributed by atoms with van der Waals surface area (Å²) in [6.45, 7) is 3.21. The van der Waals surface area contributed by atoms with E-state index >= 15 is 0 Å². The largest absolute Gasteiger partial charge is 0.743 e. The SMILES string of the molecule is C=Cc1ccc(CNC(=O)C(F)(F)S(=O)(=O)[O-])cc1. The second-order valence-electron chi connectivity index (χ2n) is 3.60. The van der Waals surface area contributed by atoms with E-state index in [1.807, 2.05) is 0 Å². The van der Waals surface area contributed by atoms with Crippen LogP contribution in [-0.4, -0.2) is 24.1 Å². The van der Waals surface area contributed by atoms with Crippen molar-refractivity contribution >= 4 is 22.1 Å². The topological polar surface area (TPSA) is 86.3 Å². The van der Waals surface area contributed by atoms with Crippen LogP contribution in [0.1, 0.15) is 11.1 Å². The zero-order valence-corrected chi connectivity index (χ0v) is 10.4. The van der Waals surface area contributed by atoms with Crippen molar-refractivity contribution < 1.29 is 26.5 Å². The molecule has 0 aliphatic heterocycles. The summed E-state index contributed by atoms with van der Waals surface area (Å²) in [5.41, 5.74) is 1.26. The highest BCUT2D eigenvalue weighted by molar-refractivity contribution is 7.87. The minimum absolute atomic E-state index is 0.318. The lowest BCUT2D eigenvalue weighted by Gasteiger charge is -2.18. The first-order valence-corrected chi connectivity index (χ1v) is 6.42. The number of hydrogen-bond donors (Lipinski definition) is 1. The Balaban J connectivity index is 2.71. The number of carbonyl (C=O) groups excluding carboxylic acids is 1. The molecule has 1 aromatic carbocycles. The summed E-state index contributed by atoms with van der Waals surface area (Å²) in [6, 6.07) is 6.36. The lowest BCUT2D eigenvalue weighted by atomic mass is 10.1. The molecule has 0 bridgehead atoms. The van der Waals surface area contributed by atoms with Crippen LogP contribution in [0.25, 0.3) is 6.08 Å². The van der Waals surface area contributed by atoms with Gasteiger partial charge >= 0.3 is 11.2 Å². The van der Waals surface area contributed by atoms with Crippen LogP contribution >= 0.6 is 0 Å². The van der Waals surface area contributed by atoms with Gasteiger partial charge in [0, 0.05) is 6.54 Å². The zero-order chi connectivity index (χ0) is 14.7. The van der Waals surface area contributed by atoms with Gasteiger partial charge in [0.15, 0.2) is 10.1 Å². The van der Waals surface area contributed by atoms with Crippen LogP contribution < -0.4 is 5.32 Å². The minimum Gasteiger partial charge on any atom is -0.743 e. The number of alkyl halides is 2. The molecule has 0 saturated heterocycles. The average Bonchev–Trinajstić information content (AvgIpc) is 2.35. The number of rotatable bonds is 5. The third kappa shape index (κ3) is 3.58. The molecular formula is C11H10F2NO4S-. The smallest absolute Gasteiger partial charge is 0.410 e. The molecule has 0 radical (unpaired) electrons. The second kappa shape index (κ2) is 5.45. The summed E-state index contributed by atoms with van der Waals surface area (Å²) in [4.78, 5) is 11.0. The molecule has 1 amide bonds. The van der Waals surface area contributed by atoms with Crippen LogP contribution in [0.3, 0.4) is 0 Å². The normalized spacial score (nSPS) is 11.9. The lowest BCUT2D eigenvalue weighted by molar-refractivity contribution is -0.136. The van der Waals surface area contributed by atoms with Gasteiger partial charge in [-0.15, -0.1) is 0 Å². The molecule has 0 aromatic heterocycles. The summed E-state index contributed by atoms with van der Waals surface area (Å²) < 4.78 is 56.3. The molecule has 1 N–H and O–H groups in total. The van der Waals surface area contributed by atoms with Gasteiger partial charge in [0.05, 0.1) is 0 Å². The van der Waals surface area contributed by atoms with Crippen LogP contribution in [0.4, 0.5) is 8.78 Å². The van der Waals surface area contributed by atoms with Crippen molar-refractivity contribution in [3.8, 4) is 0 Å². The highest BCUT2D eigenvalue weighted by atomic mass is 32.2. The van der Waals surface area contributed by atoms with Crippen molar-refractivity contribution in [1.29, 1.82) is 0 Å². The maximum Gasteiger partial charge on any atom is 0.410 e. The number of carbonyl (C=O) groups is 1. The van der Waals surface area contributed by atoms with Crippen molar-refractivity contribution in [2.45, 2.75) is 11.8 Å². The fourth-order valence-electron chi connectivity index (χ4n) is 1.17. The first-order valence-electron chi connectivity index (χ1n) is 5.01. The highest BCUT2D eigenvalue weighted by Gasteiger charge is 2.46. The standard InChI is InChI=1S/C11H11F2NO4S/c1-2-8-3-5-9(6-4-8)7-14-10(15)11(12,13)19(16,17)18/h2-6H,1,7H2,(H,14,15)(H,16,17,18)/p-1. The molecule has 8 heteroatoms. The Morgan fingerprint density at radius 3 is 2.32 bits per heavy atom. The van der Waals surface area contributed by atoms with Crippen LogP contribution in [0, 0.1) is 0 Å². The Bertz CT molecular complexity index is 581. The molecule has 0 fully saturated rings. The minimum atomic E-state index is -6.03. The third-order valence-corrected chi connectivity index (χ3v) is 3.06. The Morgan fingerprint density at radius 1 is 1.37 bits per heavy atom. The Labute approximate surface area is 108 Å². The van der Waals surface area contributed by atoms with E-state index in [2.05, 4.69) is 6.58 Å². The highest BCUT2D eigenvalue weighted by Crippen LogP contribution is 2.20. The summed E-state index contributed by atoms with van der Waals surface area (Å²) in [5, 5.41) is -3.29. The van der Waals surface area contributed by atoms with E-state index in [4.69, 9.17) is 0 Å². The molecule has 0 heterocycles. The Morgan fingerprint density at radius 2 is 1.89 bits per heavy atom. The van der Waals surface area contributed by atoms with E-state index in [0.717, 1.165) is 5.56 Å². The molecule has 19 heavy (non-hydrogen) atoms. The zero-order valence-electron chi connectivity index (χ0n) is 9.60. The molecule has 0 saturated carbocycles. The van der Waals surface area contributed by atoms with E-state index < -0.39 is 21.3 Å². The average molecular weight is 290 g/mol. The molecule has 0 unspecified atom stereocenters. The maximum absolute atomic E-state index is 12.8. The molecule has 1 rings (SSSR count). The Hall–Kier alpha value is -1.80. The summed E-state index contributed by atoms with van der Waals surface area (Å²) in [6.07, 6.45) is 1.57. The van der Waals surface area contributed by atoms with E-state index in [-0.39, 0.29) is 6.54 Å². The fourth-order valence-corrected chi connectivity index (χ4v) is 1.47. The van der Waals surface area contributed by atoms with Gasteiger partial charge in [-0.3, -0.25) is 4.79 Å². The predicted octanol–water partition coefficient (Wildman–Crippen LogP) is 1.08. The van der Waals surface area contributed by atoms with Gasteiger partial charge in [-0.05, 0) is 11.1 Å². The van der Waals surface area contributed by atoms with Crippen LogP contribution in [-0.2, 0) is 21.5 Å². The van der Waals surface area contributed by atoms with Crippen molar-refractivity contribution in [1.82, 2.24) is 5.32 Å².